The lowest BCUT2D eigenvalue weighted by molar-refractivity contribution is 0.101. The highest BCUT2D eigenvalue weighted by molar-refractivity contribution is 6.03. The summed E-state index contributed by atoms with van der Waals surface area (Å²) in [5, 5.41) is 9.41. The first-order valence-electron chi connectivity index (χ1n) is 7.78. The van der Waals surface area contributed by atoms with Crippen molar-refractivity contribution in [2.24, 2.45) is 0 Å². The molecular weight excluding hydrogens is 340 g/mol. The number of hydrogen-bond acceptors (Lipinski definition) is 3. The summed E-state index contributed by atoms with van der Waals surface area (Å²) in [5.74, 6) is -1.66. The number of carbonyl (C=O) groups excluding carboxylic acids is 1. The number of aromatic nitrogens is 4. The predicted molar refractivity (Wildman–Crippen MR) is 92.7 cm³/mol. The molecule has 1 amide bonds. The van der Waals surface area contributed by atoms with Gasteiger partial charge >= 0.3 is 0 Å². The normalized spacial score (nSPS) is 11.0. The van der Waals surface area contributed by atoms with Crippen LogP contribution < -0.4 is 5.32 Å². The molecule has 0 aliphatic rings. The van der Waals surface area contributed by atoms with Crippen molar-refractivity contribution < 1.29 is 13.6 Å². The number of aryl methyl sites for hydroxylation is 1. The molecule has 3 heterocycles. The van der Waals surface area contributed by atoms with Crippen LogP contribution in [0.15, 0.2) is 42.6 Å². The number of nitrogens with one attached hydrogen (secondary N) is 3. The van der Waals surface area contributed by atoms with E-state index in [2.05, 4.69) is 25.5 Å². The van der Waals surface area contributed by atoms with E-state index in [1.165, 1.54) is 25.3 Å². The van der Waals surface area contributed by atoms with E-state index in [1.807, 2.05) is 6.07 Å². The minimum Gasteiger partial charge on any atom is -0.339 e. The van der Waals surface area contributed by atoms with Crippen molar-refractivity contribution in [1.29, 1.82) is 0 Å². The molecule has 0 saturated heterocycles. The van der Waals surface area contributed by atoms with Gasteiger partial charge in [0.2, 0.25) is 0 Å². The van der Waals surface area contributed by atoms with Crippen molar-refractivity contribution in [3.05, 3.63) is 65.6 Å². The zero-order chi connectivity index (χ0) is 18.3. The van der Waals surface area contributed by atoms with Crippen LogP contribution in [0, 0.1) is 18.6 Å². The summed E-state index contributed by atoms with van der Waals surface area (Å²) in [7, 11) is 0. The van der Waals surface area contributed by atoms with Crippen LogP contribution in [-0.4, -0.2) is 26.1 Å². The minimum absolute atomic E-state index is 0.193. The van der Waals surface area contributed by atoms with Crippen LogP contribution in [-0.2, 0) is 0 Å². The van der Waals surface area contributed by atoms with Crippen LogP contribution >= 0.6 is 0 Å². The van der Waals surface area contributed by atoms with E-state index in [4.69, 9.17) is 0 Å². The molecule has 8 heteroatoms. The second-order valence-electron chi connectivity index (χ2n) is 5.82. The molecule has 130 valence electrons. The summed E-state index contributed by atoms with van der Waals surface area (Å²) in [4.78, 5) is 19.5. The predicted octanol–water partition coefficient (Wildman–Crippen LogP) is 3.79. The number of H-pyrrole nitrogens is 2. The zero-order valence-electron chi connectivity index (χ0n) is 13.6. The Balaban J connectivity index is 1.62. The Morgan fingerprint density at radius 1 is 1.15 bits per heavy atom. The molecule has 4 rings (SSSR count). The number of benzene rings is 1. The highest BCUT2D eigenvalue weighted by Crippen LogP contribution is 2.25. The average molecular weight is 353 g/mol. The molecule has 0 atom stereocenters. The maximum Gasteiger partial charge on any atom is 0.279 e. The highest BCUT2D eigenvalue weighted by atomic mass is 19.1. The number of carbonyl (C=O) groups is 1. The van der Waals surface area contributed by atoms with E-state index in [0.717, 1.165) is 16.6 Å². The van der Waals surface area contributed by atoms with Gasteiger partial charge in [-0.25, -0.2) is 13.8 Å². The van der Waals surface area contributed by atoms with E-state index in [0.29, 0.717) is 11.3 Å². The molecular formula is C18H13F2N5O. The van der Waals surface area contributed by atoms with Gasteiger partial charge in [0, 0.05) is 11.1 Å². The molecule has 0 unspecified atom stereocenters. The number of amides is 1. The van der Waals surface area contributed by atoms with Crippen molar-refractivity contribution in [3.8, 4) is 11.3 Å². The van der Waals surface area contributed by atoms with Crippen molar-refractivity contribution in [1.82, 2.24) is 20.2 Å². The molecule has 0 bridgehead atoms. The van der Waals surface area contributed by atoms with Gasteiger partial charge in [-0.05, 0) is 48.9 Å². The number of aromatic amines is 2. The van der Waals surface area contributed by atoms with Crippen LogP contribution in [0.2, 0.25) is 0 Å². The Labute approximate surface area is 146 Å². The zero-order valence-corrected chi connectivity index (χ0v) is 13.6. The van der Waals surface area contributed by atoms with Crippen LogP contribution in [0.3, 0.4) is 0 Å². The Hall–Kier alpha value is -3.55. The number of fused-ring (bicyclic) bond motifs is 1. The van der Waals surface area contributed by atoms with Gasteiger partial charge < -0.3 is 10.3 Å². The smallest absolute Gasteiger partial charge is 0.279 e. The fourth-order valence-electron chi connectivity index (χ4n) is 2.62. The van der Waals surface area contributed by atoms with Crippen LogP contribution in [0.5, 0.6) is 0 Å². The topological polar surface area (TPSA) is 86.5 Å². The lowest BCUT2D eigenvalue weighted by atomic mass is 10.1. The van der Waals surface area contributed by atoms with Crippen molar-refractivity contribution >= 4 is 22.6 Å². The molecule has 3 aromatic heterocycles. The molecule has 0 aliphatic carbocycles. The third kappa shape index (κ3) is 2.81. The maximum atomic E-state index is 13.8. The Bertz CT molecular complexity index is 1110. The number of anilines is 1. The van der Waals surface area contributed by atoms with Gasteiger partial charge in [-0.2, -0.15) is 5.10 Å². The van der Waals surface area contributed by atoms with Crippen molar-refractivity contribution in [2.75, 3.05) is 5.32 Å². The van der Waals surface area contributed by atoms with E-state index >= 15 is 0 Å². The van der Waals surface area contributed by atoms with Gasteiger partial charge in [-0.3, -0.25) is 9.89 Å². The van der Waals surface area contributed by atoms with Crippen LogP contribution in [0.25, 0.3) is 22.3 Å². The van der Waals surface area contributed by atoms with Gasteiger partial charge in [-0.15, -0.1) is 0 Å². The van der Waals surface area contributed by atoms with Crippen molar-refractivity contribution in [3.63, 3.8) is 0 Å². The van der Waals surface area contributed by atoms with E-state index in [1.54, 1.807) is 18.2 Å². The molecule has 3 N–H and O–H groups in total. The Morgan fingerprint density at radius 2 is 1.92 bits per heavy atom. The number of rotatable bonds is 3. The summed E-state index contributed by atoms with van der Waals surface area (Å²) in [6, 6.07) is 9.61. The van der Waals surface area contributed by atoms with E-state index in [-0.39, 0.29) is 17.2 Å². The first kappa shape index (κ1) is 15.9. The SMILES string of the molecule is Cc1[nH]nc(C(=O)Nc2cnc3[nH]c(-c4ccc(F)cc4)cc3c2)c1F. The first-order chi connectivity index (χ1) is 12.5. The molecule has 4 aromatic rings. The maximum absolute atomic E-state index is 13.8. The number of nitrogens with zero attached hydrogens (tertiary/aromatic N) is 2. The second kappa shape index (κ2) is 6.07. The average Bonchev–Trinajstić information content (AvgIpc) is 3.19. The second-order valence-corrected chi connectivity index (χ2v) is 5.82. The lowest BCUT2D eigenvalue weighted by Crippen LogP contribution is -2.14. The first-order valence-corrected chi connectivity index (χ1v) is 7.78. The summed E-state index contributed by atoms with van der Waals surface area (Å²) in [6.07, 6.45) is 1.46. The van der Waals surface area contributed by atoms with Gasteiger partial charge in [-0.1, -0.05) is 0 Å². The Morgan fingerprint density at radius 3 is 2.62 bits per heavy atom. The third-order valence-corrected chi connectivity index (χ3v) is 3.97. The fraction of sp³-hybridized carbons (Fsp3) is 0.0556. The molecule has 0 fully saturated rings. The molecule has 0 saturated carbocycles. The largest absolute Gasteiger partial charge is 0.339 e. The summed E-state index contributed by atoms with van der Waals surface area (Å²) in [6.45, 7) is 1.49. The van der Waals surface area contributed by atoms with Gasteiger partial charge in [0.15, 0.2) is 11.5 Å². The summed E-state index contributed by atoms with van der Waals surface area (Å²) >= 11 is 0. The monoisotopic (exact) mass is 353 g/mol. The molecule has 1 aromatic carbocycles. The van der Waals surface area contributed by atoms with Gasteiger partial charge in [0.05, 0.1) is 17.6 Å². The quantitative estimate of drug-likeness (QED) is 0.524. The molecule has 26 heavy (non-hydrogen) atoms. The van der Waals surface area contributed by atoms with Gasteiger partial charge in [0.25, 0.3) is 5.91 Å². The molecule has 0 spiro atoms. The standard InChI is InChI=1S/C18H13F2N5O/c1-9-15(20)16(25-24-9)18(26)22-13-6-11-7-14(23-17(11)21-8-13)10-2-4-12(19)5-3-10/h2-8H,1H3,(H,21,23)(H,22,26)(H,24,25). The number of halogens is 2. The number of hydrogen-bond donors (Lipinski definition) is 3. The number of pyridine rings is 1. The van der Waals surface area contributed by atoms with Crippen LogP contribution in [0.4, 0.5) is 14.5 Å². The van der Waals surface area contributed by atoms with Crippen molar-refractivity contribution in [2.45, 2.75) is 6.92 Å². The van der Waals surface area contributed by atoms with E-state index in [9.17, 15) is 13.6 Å². The molecule has 0 radical (unpaired) electrons. The molecule has 6 nitrogen and oxygen atoms in total. The van der Waals surface area contributed by atoms with E-state index < -0.39 is 11.7 Å². The molecule has 0 aliphatic heterocycles. The third-order valence-electron chi connectivity index (χ3n) is 3.97. The van der Waals surface area contributed by atoms with Gasteiger partial charge in [0.1, 0.15) is 11.5 Å². The summed E-state index contributed by atoms with van der Waals surface area (Å²) < 4.78 is 26.8. The lowest BCUT2D eigenvalue weighted by Gasteiger charge is -2.02. The van der Waals surface area contributed by atoms with Crippen LogP contribution in [0.1, 0.15) is 16.2 Å². The highest BCUT2D eigenvalue weighted by Gasteiger charge is 2.18. The minimum atomic E-state index is -0.684. The Kier molecular flexibility index (Phi) is 3.72. The fourth-order valence-corrected chi connectivity index (χ4v) is 2.62. The summed E-state index contributed by atoms with van der Waals surface area (Å²) in [5.41, 5.74) is 2.49.